The van der Waals surface area contributed by atoms with Gasteiger partial charge >= 0.3 is 0 Å². The number of nitrogens with one attached hydrogen (secondary N) is 1. The molecule has 166 valence electrons. The molecule has 1 aliphatic heterocycles. The maximum Gasteiger partial charge on any atom is 0.273 e. The van der Waals surface area contributed by atoms with Gasteiger partial charge < -0.3 is 19.4 Å². The molecule has 1 aromatic heterocycles. The van der Waals surface area contributed by atoms with Crippen molar-refractivity contribution in [2.45, 2.75) is 39.3 Å². The first-order valence-corrected chi connectivity index (χ1v) is 10.9. The molecule has 0 fully saturated rings. The summed E-state index contributed by atoms with van der Waals surface area (Å²) in [6, 6.07) is 15.8. The Morgan fingerprint density at radius 2 is 2.03 bits per heavy atom. The smallest absolute Gasteiger partial charge is 0.273 e. The van der Waals surface area contributed by atoms with Crippen molar-refractivity contribution in [2.24, 2.45) is 0 Å². The third kappa shape index (κ3) is 4.66. The van der Waals surface area contributed by atoms with E-state index in [4.69, 9.17) is 9.15 Å². The van der Waals surface area contributed by atoms with E-state index >= 15 is 0 Å². The Labute approximate surface area is 187 Å². The number of fused-ring (bicyclic) bond motifs is 1. The van der Waals surface area contributed by atoms with Crippen LogP contribution in [0.25, 0.3) is 0 Å². The quantitative estimate of drug-likeness (QED) is 0.611. The van der Waals surface area contributed by atoms with Gasteiger partial charge in [-0.25, -0.2) is 4.98 Å². The van der Waals surface area contributed by atoms with Crippen LogP contribution < -0.4 is 10.1 Å². The van der Waals surface area contributed by atoms with Crippen molar-refractivity contribution >= 4 is 11.8 Å². The second-order valence-corrected chi connectivity index (χ2v) is 7.81. The number of hydrogen-bond acceptors (Lipinski definition) is 5. The Morgan fingerprint density at radius 1 is 1.22 bits per heavy atom. The summed E-state index contributed by atoms with van der Waals surface area (Å²) in [5.41, 5.74) is 3.57. The number of benzene rings is 2. The van der Waals surface area contributed by atoms with Crippen LogP contribution >= 0.6 is 0 Å². The van der Waals surface area contributed by atoms with Gasteiger partial charge in [0.15, 0.2) is 12.3 Å². The summed E-state index contributed by atoms with van der Waals surface area (Å²) < 4.78 is 11.3. The number of aromatic nitrogens is 1. The van der Waals surface area contributed by atoms with Crippen molar-refractivity contribution in [3.63, 3.8) is 0 Å². The van der Waals surface area contributed by atoms with E-state index in [9.17, 15) is 9.59 Å². The van der Waals surface area contributed by atoms with Gasteiger partial charge in [0, 0.05) is 20.0 Å². The number of carbonyl (C=O) groups excluding carboxylic acids is 2. The summed E-state index contributed by atoms with van der Waals surface area (Å²) in [6.45, 7) is 4.97. The van der Waals surface area contributed by atoms with Gasteiger partial charge in [0.1, 0.15) is 12.0 Å². The Balaban J connectivity index is 1.53. The van der Waals surface area contributed by atoms with E-state index in [0.29, 0.717) is 24.7 Å². The van der Waals surface area contributed by atoms with Crippen LogP contribution in [-0.2, 0) is 17.8 Å². The van der Waals surface area contributed by atoms with Crippen molar-refractivity contribution in [3.8, 4) is 5.75 Å². The maximum absolute atomic E-state index is 12.4. The molecular formula is C25H27N3O4. The summed E-state index contributed by atoms with van der Waals surface area (Å²) in [7, 11) is 0. The highest BCUT2D eigenvalue weighted by atomic mass is 16.5. The van der Waals surface area contributed by atoms with Crippen molar-refractivity contribution in [3.05, 3.63) is 83.1 Å². The average molecular weight is 434 g/mol. The SMILES string of the molecule is CCCNC(=O)c1coc(COc2ccc3c(c2)C(c2ccccc2)N(C(C)=O)CC3)n1. The molecule has 0 radical (unpaired) electrons. The highest BCUT2D eigenvalue weighted by Crippen LogP contribution is 2.37. The van der Waals surface area contributed by atoms with Gasteiger partial charge in [-0.2, -0.15) is 0 Å². The molecule has 1 aliphatic rings. The molecule has 7 heteroatoms. The van der Waals surface area contributed by atoms with E-state index in [2.05, 4.69) is 16.4 Å². The molecular weight excluding hydrogens is 406 g/mol. The molecule has 3 aromatic rings. The minimum atomic E-state index is -0.259. The molecule has 4 rings (SSSR count). The summed E-state index contributed by atoms with van der Waals surface area (Å²) in [5.74, 6) is 0.773. The average Bonchev–Trinajstić information content (AvgIpc) is 3.30. The third-order valence-electron chi connectivity index (χ3n) is 5.55. The van der Waals surface area contributed by atoms with Crippen molar-refractivity contribution in [2.75, 3.05) is 13.1 Å². The summed E-state index contributed by atoms with van der Waals surface area (Å²) in [5, 5.41) is 2.77. The summed E-state index contributed by atoms with van der Waals surface area (Å²) >= 11 is 0. The van der Waals surface area contributed by atoms with Crippen molar-refractivity contribution < 1.29 is 18.7 Å². The van der Waals surface area contributed by atoms with Gasteiger partial charge in [-0.15, -0.1) is 0 Å². The molecule has 32 heavy (non-hydrogen) atoms. The Hall–Kier alpha value is -3.61. The normalized spacial score (nSPS) is 15.2. The molecule has 0 bridgehead atoms. The first-order valence-electron chi connectivity index (χ1n) is 10.9. The van der Waals surface area contributed by atoms with Gasteiger partial charge in [-0.1, -0.05) is 43.3 Å². The van der Waals surface area contributed by atoms with Gasteiger partial charge in [0.25, 0.3) is 5.91 Å². The van der Waals surface area contributed by atoms with E-state index in [1.54, 1.807) is 6.92 Å². The lowest BCUT2D eigenvalue weighted by Crippen LogP contribution is -2.39. The maximum atomic E-state index is 12.4. The van der Waals surface area contributed by atoms with E-state index < -0.39 is 0 Å². The van der Waals surface area contributed by atoms with Gasteiger partial charge in [0.05, 0.1) is 6.04 Å². The van der Waals surface area contributed by atoms with Crippen LogP contribution in [0.2, 0.25) is 0 Å². The summed E-state index contributed by atoms with van der Waals surface area (Å²) in [4.78, 5) is 30.5. The summed E-state index contributed by atoms with van der Waals surface area (Å²) in [6.07, 6.45) is 2.99. The van der Waals surface area contributed by atoms with Crippen molar-refractivity contribution in [1.82, 2.24) is 15.2 Å². The Morgan fingerprint density at radius 3 is 2.78 bits per heavy atom. The Bertz CT molecular complexity index is 1090. The molecule has 0 saturated carbocycles. The fourth-order valence-corrected chi connectivity index (χ4v) is 3.97. The lowest BCUT2D eigenvalue weighted by Gasteiger charge is -2.37. The number of amides is 2. The van der Waals surface area contributed by atoms with E-state index in [-0.39, 0.29) is 30.2 Å². The number of rotatable bonds is 7. The van der Waals surface area contributed by atoms with Crippen LogP contribution in [0.15, 0.2) is 59.2 Å². The number of nitrogens with zero attached hydrogens (tertiary/aromatic N) is 2. The van der Waals surface area contributed by atoms with Crippen LogP contribution in [0.4, 0.5) is 0 Å². The van der Waals surface area contributed by atoms with Crippen LogP contribution in [0, 0.1) is 0 Å². The molecule has 2 aromatic carbocycles. The van der Waals surface area contributed by atoms with Gasteiger partial charge in [-0.05, 0) is 41.7 Å². The largest absolute Gasteiger partial charge is 0.484 e. The lowest BCUT2D eigenvalue weighted by atomic mass is 9.88. The second kappa shape index (κ2) is 9.68. The lowest BCUT2D eigenvalue weighted by molar-refractivity contribution is -0.130. The molecule has 1 unspecified atom stereocenters. The molecule has 7 nitrogen and oxygen atoms in total. The van der Waals surface area contributed by atoms with E-state index in [1.807, 2.05) is 54.3 Å². The zero-order valence-corrected chi connectivity index (χ0v) is 18.3. The number of oxazole rings is 1. The van der Waals surface area contributed by atoms with Crippen LogP contribution in [0.3, 0.4) is 0 Å². The molecule has 0 aliphatic carbocycles. The minimum absolute atomic E-state index is 0.0458. The molecule has 0 saturated heterocycles. The van der Waals surface area contributed by atoms with Gasteiger partial charge in [0.2, 0.25) is 11.8 Å². The van der Waals surface area contributed by atoms with E-state index in [1.165, 1.54) is 11.8 Å². The topological polar surface area (TPSA) is 84.7 Å². The standard InChI is InChI=1S/C25H27N3O4/c1-3-12-26-25(30)22-15-32-23(27-22)16-31-20-10-9-18-11-13-28(17(2)29)24(21(18)14-20)19-7-5-4-6-8-19/h4-10,14-15,24H,3,11-13,16H2,1-2H3,(H,26,30). The third-order valence-corrected chi connectivity index (χ3v) is 5.55. The zero-order chi connectivity index (χ0) is 22.5. The predicted octanol–water partition coefficient (Wildman–Crippen LogP) is 3.89. The molecule has 2 heterocycles. The highest BCUT2D eigenvalue weighted by Gasteiger charge is 2.30. The highest BCUT2D eigenvalue weighted by molar-refractivity contribution is 5.91. The zero-order valence-electron chi connectivity index (χ0n) is 18.3. The predicted molar refractivity (Wildman–Crippen MR) is 119 cm³/mol. The fraction of sp³-hybridized carbons (Fsp3) is 0.320. The first-order chi connectivity index (χ1) is 15.6. The molecule has 0 spiro atoms. The molecule has 1 N–H and O–H groups in total. The number of ether oxygens (including phenoxy) is 1. The number of carbonyl (C=O) groups is 2. The van der Waals surface area contributed by atoms with Crippen molar-refractivity contribution in [1.29, 1.82) is 0 Å². The Kier molecular flexibility index (Phi) is 6.54. The minimum Gasteiger partial charge on any atom is -0.484 e. The van der Waals surface area contributed by atoms with Crippen LogP contribution in [-0.4, -0.2) is 34.8 Å². The van der Waals surface area contributed by atoms with Crippen LogP contribution in [0.5, 0.6) is 5.75 Å². The molecule has 1 atom stereocenters. The fourth-order valence-electron chi connectivity index (χ4n) is 3.97. The van der Waals surface area contributed by atoms with Gasteiger partial charge in [-0.3, -0.25) is 9.59 Å². The van der Waals surface area contributed by atoms with Crippen LogP contribution in [0.1, 0.15) is 59.4 Å². The number of hydrogen-bond donors (Lipinski definition) is 1. The second-order valence-electron chi connectivity index (χ2n) is 7.81. The van der Waals surface area contributed by atoms with E-state index in [0.717, 1.165) is 24.0 Å². The monoisotopic (exact) mass is 433 g/mol. The first kappa shape index (κ1) is 21.6. The molecule has 2 amide bonds.